The van der Waals surface area contributed by atoms with E-state index in [9.17, 15) is 14.7 Å². The molecule has 2 fully saturated rings. The van der Waals surface area contributed by atoms with E-state index in [4.69, 9.17) is 0 Å². The van der Waals surface area contributed by atoms with Gasteiger partial charge in [0.1, 0.15) is 0 Å². The molecule has 1 N–H and O–H groups in total. The summed E-state index contributed by atoms with van der Waals surface area (Å²) in [5, 5.41) is 10.4. The minimum absolute atomic E-state index is 0.0445. The Kier molecular flexibility index (Phi) is 7.87. The highest BCUT2D eigenvalue weighted by molar-refractivity contribution is 5.79. The van der Waals surface area contributed by atoms with Crippen molar-refractivity contribution >= 4 is 23.6 Å². The average molecular weight is 415 g/mol. The number of amides is 2. The van der Waals surface area contributed by atoms with Crippen molar-refractivity contribution in [1.29, 1.82) is 0 Å². The minimum Gasteiger partial charge on any atom is -0.390 e. The molecule has 2 aliphatic heterocycles. The number of β-amino-alcohol motifs (C(OH)–C–C–N with tert-alkyl or cyclic N) is 1. The van der Waals surface area contributed by atoms with Gasteiger partial charge in [0.15, 0.2) is 0 Å². The summed E-state index contributed by atoms with van der Waals surface area (Å²) in [5.74, 6) is 0.259. The van der Waals surface area contributed by atoms with Gasteiger partial charge in [-0.2, -0.15) is 0 Å². The maximum Gasteiger partial charge on any atom is 0.236 e. The number of aliphatic hydroxyl groups is 1. The Balaban J connectivity index is 1.47. The van der Waals surface area contributed by atoms with E-state index in [2.05, 4.69) is 29.2 Å². The molecular formula is C23H34N4O3. The molecule has 0 saturated carbocycles. The number of rotatable bonds is 8. The van der Waals surface area contributed by atoms with Crippen molar-refractivity contribution in [3.05, 3.63) is 35.9 Å². The first-order valence-corrected chi connectivity index (χ1v) is 10.8. The van der Waals surface area contributed by atoms with Crippen LogP contribution in [-0.2, 0) is 9.59 Å². The summed E-state index contributed by atoms with van der Waals surface area (Å²) in [7, 11) is 4.03. The van der Waals surface area contributed by atoms with E-state index < -0.39 is 6.10 Å². The maximum absolute atomic E-state index is 12.7. The van der Waals surface area contributed by atoms with E-state index in [-0.39, 0.29) is 11.8 Å². The van der Waals surface area contributed by atoms with Gasteiger partial charge >= 0.3 is 0 Å². The first-order chi connectivity index (χ1) is 14.4. The van der Waals surface area contributed by atoms with Gasteiger partial charge in [-0.25, -0.2) is 0 Å². The Morgan fingerprint density at radius 3 is 2.47 bits per heavy atom. The molecule has 2 heterocycles. The largest absolute Gasteiger partial charge is 0.390 e. The van der Waals surface area contributed by atoms with E-state index in [1.807, 2.05) is 36.0 Å². The maximum atomic E-state index is 12.7. The van der Waals surface area contributed by atoms with Crippen LogP contribution in [-0.4, -0.2) is 97.6 Å². The van der Waals surface area contributed by atoms with Crippen LogP contribution in [0.25, 0.3) is 6.08 Å². The van der Waals surface area contributed by atoms with Gasteiger partial charge in [0.05, 0.1) is 12.6 Å². The fourth-order valence-electron chi connectivity index (χ4n) is 4.04. The molecule has 0 spiro atoms. The van der Waals surface area contributed by atoms with E-state index in [0.29, 0.717) is 45.7 Å². The predicted molar refractivity (Wildman–Crippen MR) is 119 cm³/mol. The van der Waals surface area contributed by atoms with E-state index in [1.54, 1.807) is 4.90 Å². The van der Waals surface area contributed by atoms with E-state index >= 15 is 0 Å². The second-order valence-electron chi connectivity index (χ2n) is 8.41. The zero-order valence-corrected chi connectivity index (χ0v) is 18.2. The van der Waals surface area contributed by atoms with Crippen molar-refractivity contribution in [3.63, 3.8) is 0 Å². The SMILES string of the molecule is CN(C)c1ccc(/C=C/CN2CC(=O)N(CCCN3CCCC3=O)CC(O)C2)cc1. The van der Waals surface area contributed by atoms with Crippen LogP contribution in [0.5, 0.6) is 0 Å². The van der Waals surface area contributed by atoms with Crippen LogP contribution in [0.15, 0.2) is 30.3 Å². The second kappa shape index (κ2) is 10.6. The van der Waals surface area contributed by atoms with Gasteiger partial charge < -0.3 is 19.8 Å². The fraction of sp³-hybridized carbons (Fsp3) is 0.565. The summed E-state index contributed by atoms with van der Waals surface area (Å²) in [6, 6.07) is 8.29. The molecule has 2 saturated heterocycles. The summed E-state index contributed by atoms with van der Waals surface area (Å²) < 4.78 is 0. The van der Waals surface area contributed by atoms with Crippen LogP contribution in [0.3, 0.4) is 0 Å². The Labute approximate surface area is 179 Å². The van der Waals surface area contributed by atoms with Crippen LogP contribution >= 0.6 is 0 Å². The number of nitrogens with zero attached hydrogens (tertiary/aromatic N) is 4. The Morgan fingerprint density at radius 2 is 1.80 bits per heavy atom. The number of hydrogen-bond donors (Lipinski definition) is 1. The number of carbonyl (C=O) groups excluding carboxylic acids is 2. The molecule has 1 aromatic rings. The minimum atomic E-state index is -0.558. The fourth-order valence-corrected chi connectivity index (χ4v) is 4.04. The molecule has 30 heavy (non-hydrogen) atoms. The lowest BCUT2D eigenvalue weighted by atomic mass is 10.2. The number of anilines is 1. The number of aliphatic hydroxyl groups excluding tert-OH is 1. The zero-order chi connectivity index (χ0) is 21.5. The highest BCUT2D eigenvalue weighted by Gasteiger charge is 2.26. The van der Waals surface area contributed by atoms with Crippen LogP contribution < -0.4 is 4.90 Å². The van der Waals surface area contributed by atoms with Gasteiger partial charge in [-0.05, 0) is 30.5 Å². The molecule has 1 atom stereocenters. The van der Waals surface area contributed by atoms with E-state index in [1.165, 1.54) is 0 Å². The summed E-state index contributed by atoms with van der Waals surface area (Å²) in [4.78, 5) is 32.0. The summed E-state index contributed by atoms with van der Waals surface area (Å²) in [5.41, 5.74) is 2.27. The molecule has 3 rings (SSSR count). The van der Waals surface area contributed by atoms with Gasteiger partial charge in [0.25, 0.3) is 0 Å². The normalized spacial score (nSPS) is 21.0. The molecule has 0 radical (unpaired) electrons. The van der Waals surface area contributed by atoms with Crippen LogP contribution in [0.2, 0.25) is 0 Å². The van der Waals surface area contributed by atoms with Crippen molar-refractivity contribution in [1.82, 2.24) is 14.7 Å². The van der Waals surface area contributed by atoms with Gasteiger partial charge in [-0.1, -0.05) is 24.3 Å². The highest BCUT2D eigenvalue weighted by Crippen LogP contribution is 2.14. The molecule has 7 nitrogen and oxygen atoms in total. The quantitative estimate of drug-likeness (QED) is 0.694. The standard InChI is InChI=1S/C23H34N4O3/c1-24(2)20-10-8-19(9-11-20)6-3-12-25-16-21(28)17-27(23(30)18-25)15-5-14-26-13-4-7-22(26)29/h3,6,8-11,21,28H,4-5,7,12-18H2,1-2H3/b6-3+. The molecule has 1 unspecified atom stereocenters. The lowest BCUT2D eigenvalue weighted by Crippen LogP contribution is -2.39. The monoisotopic (exact) mass is 414 g/mol. The lowest BCUT2D eigenvalue weighted by molar-refractivity contribution is -0.131. The predicted octanol–water partition coefficient (Wildman–Crippen LogP) is 1.28. The molecule has 0 aromatic heterocycles. The van der Waals surface area contributed by atoms with E-state index in [0.717, 1.165) is 30.6 Å². The van der Waals surface area contributed by atoms with Crippen molar-refractivity contribution in [2.75, 3.05) is 64.8 Å². The molecule has 0 bridgehead atoms. The molecule has 164 valence electrons. The summed E-state index contributed by atoms with van der Waals surface area (Å²) in [6.07, 6.45) is 5.86. The second-order valence-corrected chi connectivity index (χ2v) is 8.41. The van der Waals surface area contributed by atoms with Crippen LogP contribution in [0.4, 0.5) is 5.69 Å². The first kappa shape index (κ1) is 22.3. The number of carbonyl (C=O) groups is 2. The van der Waals surface area contributed by atoms with Crippen molar-refractivity contribution in [2.45, 2.75) is 25.4 Å². The third-order valence-electron chi connectivity index (χ3n) is 5.72. The summed E-state index contributed by atoms with van der Waals surface area (Å²) in [6.45, 7) is 3.88. The Bertz CT molecular complexity index is 747. The first-order valence-electron chi connectivity index (χ1n) is 10.8. The molecule has 2 amide bonds. The number of benzene rings is 1. The van der Waals surface area contributed by atoms with Gasteiger partial charge in [0.2, 0.25) is 11.8 Å². The molecule has 1 aromatic carbocycles. The topological polar surface area (TPSA) is 67.3 Å². The molecule has 2 aliphatic rings. The number of hydrogen-bond acceptors (Lipinski definition) is 5. The van der Waals surface area contributed by atoms with Crippen molar-refractivity contribution in [2.24, 2.45) is 0 Å². The Hall–Kier alpha value is -2.38. The molecule has 0 aliphatic carbocycles. The van der Waals surface area contributed by atoms with Crippen molar-refractivity contribution < 1.29 is 14.7 Å². The third kappa shape index (κ3) is 6.31. The van der Waals surface area contributed by atoms with Gasteiger partial charge in [-0.3, -0.25) is 14.5 Å². The number of likely N-dealkylation sites (tertiary alicyclic amines) is 1. The van der Waals surface area contributed by atoms with Gasteiger partial charge in [-0.15, -0.1) is 0 Å². The van der Waals surface area contributed by atoms with Crippen molar-refractivity contribution in [3.8, 4) is 0 Å². The molecular weight excluding hydrogens is 380 g/mol. The van der Waals surface area contributed by atoms with Crippen LogP contribution in [0, 0.1) is 0 Å². The molecule has 7 heteroatoms. The summed E-state index contributed by atoms with van der Waals surface area (Å²) >= 11 is 0. The zero-order valence-electron chi connectivity index (χ0n) is 18.2. The van der Waals surface area contributed by atoms with Crippen LogP contribution in [0.1, 0.15) is 24.8 Å². The smallest absolute Gasteiger partial charge is 0.236 e. The highest BCUT2D eigenvalue weighted by atomic mass is 16.3. The lowest BCUT2D eigenvalue weighted by Gasteiger charge is -2.23. The Morgan fingerprint density at radius 1 is 1.07 bits per heavy atom. The average Bonchev–Trinajstić information content (AvgIpc) is 3.06. The van der Waals surface area contributed by atoms with Gasteiger partial charge in [0, 0.05) is 65.5 Å². The third-order valence-corrected chi connectivity index (χ3v) is 5.72.